The van der Waals surface area contributed by atoms with Gasteiger partial charge in [-0.1, -0.05) is 44.2 Å². The first-order chi connectivity index (χ1) is 7.97. The molecule has 0 unspecified atom stereocenters. The predicted octanol–water partition coefficient (Wildman–Crippen LogP) is 2.18. The number of benzene rings is 1. The summed E-state index contributed by atoms with van der Waals surface area (Å²) in [5.74, 6) is 0. The van der Waals surface area contributed by atoms with Gasteiger partial charge >= 0.3 is 0 Å². The molecule has 2 atom stereocenters. The van der Waals surface area contributed by atoms with Crippen LogP contribution in [0.4, 0.5) is 0 Å². The number of rotatable bonds is 6. The van der Waals surface area contributed by atoms with E-state index in [1.165, 1.54) is 0 Å². The lowest BCUT2D eigenvalue weighted by Crippen LogP contribution is -2.40. The Hall–Kier alpha value is -1.19. The summed E-state index contributed by atoms with van der Waals surface area (Å²) in [6.45, 7) is 5.62. The summed E-state index contributed by atoms with van der Waals surface area (Å²) < 4.78 is 5.57. The molecule has 0 aliphatic carbocycles. The van der Waals surface area contributed by atoms with E-state index >= 15 is 0 Å². The maximum absolute atomic E-state index is 10.8. The Bertz CT molecular complexity index is 346. The number of hydrogen-bond acceptors (Lipinski definition) is 3. The number of aliphatic hydroxyl groups excluding tert-OH is 1. The fourth-order valence-corrected chi connectivity index (χ4v) is 1.57. The lowest BCUT2D eigenvalue weighted by Gasteiger charge is -2.29. The minimum atomic E-state index is -0.802. The summed E-state index contributed by atoms with van der Waals surface area (Å²) in [7, 11) is 0. The van der Waals surface area contributed by atoms with Crippen molar-refractivity contribution in [1.82, 2.24) is 0 Å². The Morgan fingerprint density at radius 3 is 2.47 bits per heavy atom. The van der Waals surface area contributed by atoms with E-state index in [1.54, 1.807) is 20.8 Å². The third-order valence-electron chi connectivity index (χ3n) is 2.87. The van der Waals surface area contributed by atoms with Crippen LogP contribution in [0, 0.1) is 5.41 Å². The summed E-state index contributed by atoms with van der Waals surface area (Å²) >= 11 is 0. The van der Waals surface area contributed by atoms with E-state index in [9.17, 15) is 9.90 Å². The molecule has 1 aromatic carbocycles. The van der Waals surface area contributed by atoms with Gasteiger partial charge in [-0.15, -0.1) is 0 Å². The number of aldehydes is 1. The minimum absolute atomic E-state index is 0.379. The number of hydrogen-bond donors (Lipinski definition) is 1. The maximum atomic E-state index is 10.8. The predicted molar refractivity (Wildman–Crippen MR) is 66.5 cm³/mol. The first-order valence-corrected chi connectivity index (χ1v) is 5.77. The van der Waals surface area contributed by atoms with Crippen LogP contribution in [0.15, 0.2) is 30.3 Å². The zero-order valence-electron chi connectivity index (χ0n) is 10.6. The largest absolute Gasteiger partial charge is 0.389 e. The van der Waals surface area contributed by atoms with Gasteiger partial charge in [-0.05, 0) is 12.5 Å². The molecule has 0 fully saturated rings. The summed E-state index contributed by atoms with van der Waals surface area (Å²) in [5.41, 5.74) is 0.270. The number of carbonyl (C=O) groups excluding carboxylic acids is 1. The van der Waals surface area contributed by atoms with Crippen LogP contribution in [-0.4, -0.2) is 23.6 Å². The van der Waals surface area contributed by atoms with Crippen molar-refractivity contribution in [2.75, 3.05) is 0 Å². The molecule has 0 aromatic heterocycles. The molecule has 0 aliphatic rings. The lowest BCUT2D eigenvalue weighted by molar-refractivity contribution is -0.129. The highest BCUT2D eigenvalue weighted by molar-refractivity contribution is 5.59. The van der Waals surface area contributed by atoms with Crippen molar-refractivity contribution < 1.29 is 14.6 Å². The van der Waals surface area contributed by atoms with Crippen molar-refractivity contribution in [3.8, 4) is 0 Å². The molecule has 0 radical (unpaired) electrons. The van der Waals surface area contributed by atoms with Crippen LogP contribution in [0.3, 0.4) is 0 Å². The Kier molecular flexibility index (Phi) is 4.85. The Balaban J connectivity index is 2.50. The third-order valence-corrected chi connectivity index (χ3v) is 2.87. The van der Waals surface area contributed by atoms with E-state index in [-0.39, 0.29) is 6.10 Å². The lowest BCUT2D eigenvalue weighted by atomic mass is 9.85. The molecular weight excluding hydrogens is 216 g/mol. The van der Waals surface area contributed by atoms with Gasteiger partial charge in [0.1, 0.15) is 6.29 Å². The maximum Gasteiger partial charge on any atom is 0.128 e. The Labute approximate surface area is 102 Å². The number of aliphatic hydroxyl groups is 1. The normalized spacial score (nSPS) is 15.3. The molecule has 0 heterocycles. The van der Waals surface area contributed by atoms with Crippen LogP contribution in [0.2, 0.25) is 0 Å². The van der Waals surface area contributed by atoms with Gasteiger partial charge in [0.25, 0.3) is 0 Å². The van der Waals surface area contributed by atoms with Crippen LogP contribution in [0.25, 0.3) is 0 Å². The second kappa shape index (κ2) is 5.94. The number of carbonyl (C=O) groups is 1. The fraction of sp³-hybridized carbons (Fsp3) is 0.500. The zero-order chi connectivity index (χ0) is 12.9. The van der Waals surface area contributed by atoms with Crippen LogP contribution in [0.5, 0.6) is 0 Å². The monoisotopic (exact) mass is 236 g/mol. The van der Waals surface area contributed by atoms with Crippen LogP contribution < -0.4 is 0 Å². The summed E-state index contributed by atoms with van der Waals surface area (Å²) in [6.07, 6.45) is -0.417. The molecule has 0 saturated heterocycles. The molecule has 0 spiro atoms. The average Bonchev–Trinajstić information content (AvgIpc) is 2.36. The van der Waals surface area contributed by atoms with E-state index in [1.807, 2.05) is 30.3 Å². The molecule has 17 heavy (non-hydrogen) atoms. The first-order valence-electron chi connectivity index (χ1n) is 5.77. The standard InChI is InChI=1S/C14H20O3/c1-11(13(16)14(2,3)10-15)17-9-12-7-5-4-6-8-12/h4-8,10-11,13,16H,9H2,1-3H3/t11-,13+/m1/s1. The first kappa shape index (κ1) is 13.9. The van der Waals surface area contributed by atoms with Crippen molar-refractivity contribution in [2.45, 2.75) is 39.6 Å². The second-order valence-electron chi connectivity index (χ2n) is 4.89. The van der Waals surface area contributed by atoms with E-state index in [0.717, 1.165) is 11.8 Å². The molecule has 1 aromatic rings. The Morgan fingerprint density at radius 1 is 1.35 bits per heavy atom. The van der Waals surface area contributed by atoms with Crippen molar-refractivity contribution in [1.29, 1.82) is 0 Å². The number of ether oxygens (including phenoxy) is 1. The molecule has 94 valence electrons. The van der Waals surface area contributed by atoms with Gasteiger partial charge in [-0.25, -0.2) is 0 Å². The summed E-state index contributed by atoms with van der Waals surface area (Å²) in [6, 6.07) is 9.75. The van der Waals surface area contributed by atoms with Gasteiger partial charge in [-0.3, -0.25) is 0 Å². The molecule has 1 N–H and O–H groups in total. The molecule has 3 nitrogen and oxygen atoms in total. The van der Waals surface area contributed by atoms with E-state index in [2.05, 4.69) is 0 Å². The average molecular weight is 236 g/mol. The molecule has 3 heteroatoms. The van der Waals surface area contributed by atoms with Gasteiger partial charge in [0.15, 0.2) is 0 Å². The minimum Gasteiger partial charge on any atom is -0.389 e. The SMILES string of the molecule is C[C@@H](OCc1ccccc1)[C@H](O)C(C)(C)C=O. The van der Waals surface area contributed by atoms with Gasteiger partial charge < -0.3 is 14.6 Å². The van der Waals surface area contributed by atoms with E-state index in [4.69, 9.17) is 4.74 Å². The van der Waals surface area contributed by atoms with Crippen LogP contribution >= 0.6 is 0 Å². The van der Waals surface area contributed by atoms with E-state index in [0.29, 0.717) is 6.61 Å². The highest BCUT2D eigenvalue weighted by Gasteiger charge is 2.32. The van der Waals surface area contributed by atoms with Crippen molar-refractivity contribution in [3.05, 3.63) is 35.9 Å². The molecule has 0 bridgehead atoms. The highest BCUT2D eigenvalue weighted by Crippen LogP contribution is 2.22. The Morgan fingerprint density at radius 2 is 1.94 bits per heavy atom. The topological polar surface area (TPSA) is 46.5 Å². The van der Waals surface area contributed by atoms with Crippen LogP contribution in [0.1, 0.15) is 26.3 Å². The molecule has 0 amide bonds. The van der Waals surface area contributed by atoms with Gasteiger partial charge in [0, 0.05) is 5.41 Å². The van der Waals surface area contributed by atoms with Crippen LogP contribution in [-0.2, 0) is 16.1 Å². The van der Waals surface area contributed by atoms with Crippen molar-refractivity contribution in [3.63, 3.8) is 0 Å². The third kappa shape index (κ3) is 3.95. The molecule has 0 aliphatic heterocycles. The summed E-state index contributed by atoms with van der Waals surface area (Å²) in [4.78, 5) is 10.8. The highest BCUT2D eigenvalue weighted by atomic mass is 16.5. The van der Waals surface area contributed by atoms with Gasteiger partial charge in [0.05, 0.1) is 18.8 Å². The second-order valence-corrected chi connectivity index (χ2v) is 4.89. The van der Waals surface area contributed by atoms with Crippen molar-refractivity contribution >= 4 is 6.29 Å². The molecule has 0 saturated carbocycles. The smallest absolute Gasteiger partial charge is 0.128 e. The molecule has 1 rings (SSSR count). The zero-order valence-corrected chi connectivity index (χ0v) is 10.6. The van der Waals surface area contributed by atoms with E-state index < -0.39 is 11.5 Å². The fourth-order valence-electron chi connectivity index (χ4n) is 1.57. The molecular formula is C14H20O3. The van der Waals surface area contributed by atoms with Crippen molar-refractivity contribution in [2.24, 2.45) is 5.41 Å². The van der Waals surface area contributed by atoms with Gasteiger partial charge in [-0.2, -0.15) is 0 Å². The quantitative estimate of drug-likeness (QED) is 0.770. The van der Waals surface area contributed by atoms with Gasteiger partial charge in [0.2, 0.25) is 0 Å². The summed E-state index contributed by atoms with van der Waals surface area (Å²) in [5, 5.41) is 9.97.